The van der Waals surface area contributed by atoms with E-state index in [1.807, 2.05) is 30.0 Å². The van der Waals surface area contributed by atoms with Gasteiger partial charge in [-0.3, -0.25) is 21.1 Å². The molecular formula is C22H23N7O2S. The van der Waals surface area contributed by atoms with E-state index in [-0.39, 0.29) is 16.4 Å². The molecule has 0 unspecified atom stereocenters. The first kappa shape index (κ1) is 24.1. The summed E-state index contributed by atoms with van der Waals surface area (Å²) in [6.45, 7) is 3.04. The van der Waals surface area contributed by atoms with E-state index in [1.165, 1.54) is 12.1 Å². The van der Waals surface area contributed by atoms with Gasteiger partial charge in [-0.05, 0) is 54.5 Å². The van der Waals surface area contributed by atoms with Gasteiger partial charge in [0.25, 0.3) is 5.91 Å². The van der Waals surface area contributed by atoms with E-state index in [4.69, 9.17) is 22.7 Å². The Morgan fingerprint density at radius 3 is 2.47 bits per heavy atom. The highest BCUT2D eigenvalue weighted by Gasteiger charge is 2.10. The minimum absolute atomic E-state index is 0.0680. The molecule has 2 rings (SSSR count). The summed E-state index contributed by atoms with van der Waals surface area (Å²) in [7, 11) is 0. The van der Waals surface area contributed by atoms with Gasteiger partial charge in [-0.25, -0.2) is 0 Å². The number of carbonyl (C=O) groups is 1. The second-order valence-electron chi connectivity index (χ2n) is 6.64. The van der Waals surface area contributed by atoms with Crippen LogP contribution in [0.25, 0.3) is 0 Å². The lowest BCUT2D eigenvalue weighted by Gasteiger charge is -2.23. The molecule has 0 saturated carbocycles. The molecule has 2 aromatic rings. The van der Waals surface area contributed by atoms with Crippen molar-refractivity contribution in [3.8, 4) is 17.9 Å². The number of nitrogens with one attached hydrogen (secondary N) is 3. The van der Waals surface area contributed by atoms with Crippen LogP contribution in [0, 0.1) is 29.6 Å². The fourth-order valence-electron chi connectivity index (χ4n) is 2.78. The Morgan fingerprint density at radius 2 is 1.84 bits per heavy atom. The predicted octanol–water partition coefficient (Wildman–Crippen LogP) is 2.48. The summed E-state index contributed by atoms with van der Waals surface area (Å²) in [6, 6.07) is 16.2. The summed E-state index contributed by atoms with van der Waals surface area (Å²) < 4.78 is 0. The normalized spacial score (nSPS) is 10.1. The van der Waals surface area contributed by atoms with Crippen LogP contribution < -0.4 is 21.2 Å². The van der Waals surface area contributed by atoms with E-state index in [2.05, 4.69) is 33.5 Å². The first-order valence-corrected chi connectivity index (χ1v) is 10.1. The number of carbonyl (C=O) groups excluding carboxylic acids is 1. The summed E-state index contributed by atoms with van der Waals surface area (Å²) in [6.07, 6.45) is 2.35. The van der Waals surface area contributed by atoms with Crippen molar-refractivity contribution in [1.29, 1.82) is 10.5 Å². The van der Waals surface area contributed by atoms with Crippen LogP contribution in [0.5, 0.6) is 5.75 Å². The molecule has 9 nitrogen and oxygen atoms in total. The van der Waals surface area contributed by atoms with Crippen LogP contribution in [0.3, 0.4) is 0 Å². The third kappa shape index (κ3) is 7.27. The third-order valence-electron chi connectivity index (χ3n) is 4.41. The number of amides is 1. The number of nitriles is 2. The molecule has 0 radical (unpaired) electrons. The smallest absolute Gasteiger partial charge is 0.273 e. The van der Waals surface area contributed by atoms with Gasteiger partial charge in [0, 0.05) is 18.8 Å². The van der Waals surface area contributed by atoms with E-state index in [0.29, 0.717) is 25.9 Å². The van der Waals surface area contributed by atoms with Gasteiger partial charge in [0.2, 0.25) is 5.11 Å². The SMILES string of the molecule is Cc1cc(N(CCC#N)CCC#N)ccc1C=NNC(=S)NNC(=O)c1ccccc1O. The van der Waals surface area contributed by atoms with Crippen LogP contribution in [0.2, 0.25) is 0 Å². The number of hydrogen-bond donors (Lipinski definition) is 4. The number of hydrazone groups is 1. The summed E-state index contributed by atoms with van der Waals surface area (Å²) in [4.78, 5) is 14.0. The van der Waals surface area contributed by atoms with Crippen molar-refractivity contribution >= 4 is 35.1 Å². The monoisotopic (exact) mass is 449 g/mol. The molecule has 10 heteroatoms. The van der Waals surface area contributed by atoms with E-state index >= 15 is 0 Å². The number of thiocarbonyl (C=S) groups is 1. The van der Waals surface area contributed by atoms with Gasteiger partial charge < -0.3 is 10.0 Å². The van der Waals surface area contributed by atoms with Gasteiger partial charge in [-0.15, -0.1) is 0 Å². The fraction of sp³-hybridized carbons (Fsp3) is 0.227. The molecule has 0 heterocycles. The predicted molar refractivity (Wildman–Crippen MR) is 126 cm³/mol. The molecule has 4 N–H and O–H groups in total. The Labute approximate surface area is 191 Å². The standard InChI is InChI=1S/C22H23N7O2S/c1-16-14-18(29(12-4-10-23)13-5-11-24)9-8-17(16)15-25-27-22(32)28-26-21(31)19-6-2-3-7-20(19)30/h2-3,6-9,14-15,30H,4-5,12-13H2,1H3,(H,26,31)(H2,27,28,32). The number of nitrogens with zero attached hydrogens (tertiary/aromatic N) is 4. The molecule has 0 bridgehead atoms. The number of aryl methyl sites for hydroxylation is 1. The van der Waals surface area contributed by atoms with E-state index < -0.39 is 5.91 Å². The van der Waals surface area contributed by atoms with Crippen LogP contribution in [-0.4, -0.2) is 35.4 Å². The largest absolute Gasteiger partial charge is 0.507 e. The van der Waals surface area contributed by atoms with E-state index in [0.717, 1.165) is 16.8 Å². The van der Waals surface area contributed by atoms with Crippen molar-refractivity contribution in [2.24, 2.45) is 5.10 Å². The van der Waals surface area contributed by atoms with Crippen LogP contribution in [-0.2, 0) is 0 Å². The number of phenolic OH excluding ortho intramolecular Hbond substituents is 1. The van der Waals surface area contributed by atoms with Crippen LogP contribution in [0.1, 0.15) is 34.3 Å². The first-order chi connectivity index (χ1) is 15.5. The fourth-order valence-corrected chi connectivity index (χ4v) is 2.88. The van der Waals surface area contributed by atoms with Crippen LogP contribution >= 0.6 is 12.2 Å². The molecular weight excluding hydrogens is 426 g/mol. The maximum absolute atomic E-state index is 12.0. The maximum Gasteiger partial charge on any atom is 0.273 e. The average Bonchev–Trinajstić information content (AvgIpc) is 2.79. The Hall–Kier alpha value is -4.15. The molecule has 0 atom stereocenters. The zero-order chi connectivity index (χ0) is 23.3. The number of phenols is 1. The summed E-state index contributed by atoms with van der Waals surface area (Å²) in [5.74, 6) is -0.679. The number of aromatic hydroxyl groups is 1. The van der Waals surface area contributed by atoms with Crippen molar-refractivity contribution in [3.63, 3.8) is 0 Å². The van der Waals surface area contributed by atoms with E-state index in [9.17, 15) is 9.90 Å². The minimum Gasteiger partial charge on any atom is -0.507 e. The van der Waals surface area contributed by atoms with Gasteiger partial charge in [0.15, 0.2) is 0 Å². The molecule has 1 amide bonds. The van der Waals surface area contributed by atoms with Crippen molar-refractivity contribution in [1.82, 2.24) is 16.3 Å². The molecule has 0 aromatic heterocycles. The van der Waals surface area contributed by atoms with E-state index in [1.54, 1.807) is 18.3 Å². The highest BCUT2D eigenvalue weighted by Crippen LogP contribution is 2.19. The number of anilines is 1. The zero-order valence-corrected chi connectivity index (χ0v) is 18.3. The van der Waals surface area contributed by atoms with Gasteiger partial charge >= 0.3 is 0 Å². The quantitative estimate of drug-likeness (QED) is 0.274. The maximum atomic E-state index is 12.0. The highest BCUT2D eigenvalue weighted by molar-refractivity contribution is 7.80. The van der Waals surface area contributed by atoms with Crippen molar-refractivity contribution in [2.45, 2.75) is 19.8 Å². The molecule has 0 spiro atoms. The summed E-state index contributed by atoms with van der Waals surface area (Å²) in [5.41, 5.74) is 10.3. The lowest BCUT2D eigenvalue weighted by atomic mass is 10.1. The van der Waals surface area contributed by atoms with Gasteiger partial charge in [0.05, 0.1) is 36.8 Å². The average molecular weight is 450 g/mol. The summed E-state index contributed by atoms with van der Waals surface area (Å²) >= 11 is 5.07. The van der Waals surface area contributed by atoms with Crippen molar-refractivity contribution in [2.75, 3.05) is 18.0 Å². The number of para-hydroxylation sites is 1. The number of hydrazine groups is 1. The third-order valence-corrected chi connectivity index (χ3v) is 4.61. The number of rotatable bonds is 8. The molecule has 0 fully saturated rings. The number of benzene rings is 2. The second-order valence-corrected chi connectivity index (χ2v) is 7.05. The minimum atomic E-state index is -0.542. The molecule has 2 aromatic carbocycles. The van der Waals surface area contributed by atoms with Crippen molar-refractivity contribution in [3.05, 3.63) is 59.2 Å². The zero-order valence-electron chi connectivity index (χ0n) is 17.5. The Bertz CT molecular complexity index is 1050. The van der Waals surface area contributed by atoms with Gasteiger partial charge in [-0.1, -0.05) is 18.2 Å². The second kappa shape index (κ2) is 12.5. The Morgan fingerprint density at radius 1 is 1.16 bits per heavy atom. The highest BCUT2D eigenvalue weighted by atomic mass is 32.1. The first-order valence-electron chi connectivity index (χ1n) is 9.73. The summed E-state index contributed by atoms with van der Waals surface area (Å²) in [5, 5.41) is 31.5. The number of hydrogen-bond acceptors (Lipinski definition) is 7. The van der Waals surface area contributed by atoms with Gasteiger partial charge in [0.1, 0.15) is 5.75 Å². The molecule has 0 aliphatic rings. The van der Waals surface area contributed by atoms with Crippen molar-refractivity contribution < 1.29 is 9.90 Å². The lowest BCUT2D eigenvalue weighted by molar-refractivity contribution is 0.0941. The van der Waals surface area contributed by atoms with Crippen LogP contribution in [0.15, 0.2) is 47.6 Å². The Balaban J connectivity index is 1.91. The molecule has 0 saturated heterocycles. The van der Waals surface area contributed by atoms with Gasteiger partial charge in [-0.2, -0.15) is 15.6 Å². The molecule has 32 heavy (non-hydrogen) atoms. The molecule has 0 aliphatic heterocycles. The Kier molecular flexibility index (Phi) is 9.44. The topological polar surface area (TPSA) is 137 Å². The van der Waals surface area contributed by atoms with Crippen LogP contribution in [0.4, 0.5) is 5.69 Å². The lowest BCUT2D eigenvalue weighted by Crippen LogP contribution is -2.45. The molecule has 164 valence electrons. The molecule has 0 aliphatic carbocycles.